The van der Waals surface area contributed by atoms with Crippen molar-refractivity contribution in [3.63, 3.8) is 0 Å². The molecule has 0 unspecified atom stereocenters. The van der Waals surface area contributed by atoms with Crippen LogP contribution < -0.4 is 19.8 Å². The third-order valence-electron chi connectivity index (χ3n) is 10.0. The van der Waals surface area contributed by atoms with E-state index >= 15 is 0 Å². The summed E-state index contributed by atoms with van der Waals surface area (Å²) in [5.74, 6) is -1.17. The number of rotatable bonds is 8. The van der Waals surface area contributed by atoms with Gasteiger partial charge in [-0.3, -0.25) is 24.1 Å². The van der Waals surface area contributed by atoms with Crippen LogP contribution in [0.15, 0.2) is 88.7 Å². The molecule has 3 heterocycles. The van der Waals surface area contributed by atoms with Crippen molar-refractivity contribution in [3.05, 3.63) is 105 Å². The van der Waals surface area contributed by atoms with E-state index in [4.69, 9.17) is 9.47 Å². The Balaban J connectivity index is 0.996. The molecule has 2 aliphatic heterocycles. The van der Waals surface area contributed by atoms with Crippen molar-refractivity contribution in [1.82, 2.24) is 4.98 Å². The number of H-pyrrole nitrogens is 1. The van der Waals surface area contributed by atoms with Crippen molar-refractivity contribution >= 4 is 58.2 Å². The van der Waals surface area contributed by atoms with Crippen molar-refractivity contribution in [3.8, 4) is 5.75 Å². The molecule has 2 N–H and O–H groups in total. The molecule has 2 aliphatic carbocycles. The van der Waals surface area contributed by atoms with Crippen LogP contribution in [0.5, 0.6) is 5.75 Å². The third kappa shape index (κ3) is 5.05. The first kappa shape index (κ1) is 30.6. The lowest BCUT2D eigenvalue weighted by molar-refractivity contribution is -0.123. The van der Waals surface area contributed by atoms with Crippen LogP contribution in [0.4, 0.5) is 11.4 Å². The number of amides is 3. The number of anilines is 2. The Bertz CT molecular complexity index is 1970. The zero-order chi connectivity index (χ0) is 33.1. The van der Waals surface area contributed by atoms with Gasteiger partial charge in [-0.15, -0.1) is 11.8 Å². The summed E-state index contributed by atoms with van der Waals surface area (Å²) in [5, 5.41) is 3.71. The Morgan fingerprint density at radius 1 is 0.917 bits per heavy atom. The van der Waals surface area contributed by atoms with Gasteiger partial charge < -0.3 is 19.8 Å². The fourth-order valence-corrected chi connectivity index (χ4v) is 11.1. The third-order valence-corrected chi connectivity index (χ3v) is 12.6. The van der Waals surface area contributed by atoms with Crippen LogP contribution in [-0.4, -0.2) is 47.1 Å². The molecule has 3 fully saturated rings. The number of nitrogens with zero attached hydrogens (tertiary/aromatic N) is 1. The predicted octanol–water partition coefficient (Wildman–Crippen LogP) is 5.31. The number of para-hydroxylation sites is 1. The number of nitrogens with one attached hydrogen (secondary N) is 2. The topological polar surface area (TPSA) is 135 Å². The number of aromatic amines is 1. The number of thiazole rings is 1. The molecule has 3 amide bonds. The Kier molecular flexibility index (Phi) is 7.72. The number of hydrogen-bond acceptors (Lipinski definition) is 9. The van der Waals surface area contributed by atoms with E-state index in [1.807, 2.05) is 54.6 Å². The summed E-state index contributed by atoms with van der Waals surface area (Å²) < 4.78 is 10.8. The number of imide groups is 1. The summed E-state index contributed by atoms with van der Waals surface area (Å²) in [6.45, 7) is 1.81. The summed E-state index contributed by atoms with van der Waals surface area (Å²) in [4.78, 5) is 70.0. The molecular weight excluding hydrogens is 651 g/mol. The van der Waals surface area contributed by atoms with Crippen LogP contribution in [0.3, 0.4) is 0 Å². The zero-order valence-corrected chi connectivity index (χ0v) is 27.4. The van der Waals surface area contributed by atoms with E-state index in [1.54, 1.807) is 43.0 Å². The van der Waals surface area contributed by atoms with Gasteiger partial charge in [0, 0.05) is 21.7 Å². The standard InChI is InChI=1S/C36H31N3O7S2/c1-2-45-35(43)19-8-12-20(13-9-19)37-25(40)17-46-22-14-10-18(11-15-22)26-27-23-16-24(30(27)47-32-31(26)48-36(44)38-32)29-28(23)33(41)39(34(29)42)21-6-4-3-5-7-21/h3-15,23-24,26-30H,2,16-17H2,1H3,(H,37,40)(H,38,44)/t23-,24-,26+,27-,28+,29+,30-/m1/s1. The number of benzene rings is 3. The molecule has 12 heteroatoms. The zero-order valence-electron chi connectivity index (χ0n) is 25.8. The lowest BCUT2D eigenvalue weighted by Gasteiger charge is -2.43. The summed E-state index contributed by atoms with van der Waals surface area (Å²) >= 11 is 2.87. The predicted molar refractivity (Wildman–Crippen MR) is 180 cm³/mol. The average Bonchev–Trinajstić information content (AvgIpc) is 3.83. The number of fused-ring (bicyclic) bond motifs is 9. The summed E-state index contributed by atoms with van der Waals surface area (Å²) in [7, 11) is 0. The Labute approximate surface area is 283 Å². The highest BCUT2D eigenvalue weighted by Gasteiger charge is 2.69. The second-order valence-electron chi connectivity index (χ2n) is 12.5. The van der Waals surface area contributed by atoms with Crippen molar-refractivity contribution in [2.24, 2.45) is 29.6 Å². The lowest BCUT2D eigenvalue weighted by Crippen LogP contribution is -2.42. The van der Waals surface area contributed by atoms with E-state index in [0.717, 1.165) is 21.9 Å². The molecule has 10 nitrogen and oxygen atoms in total. The van der Waals surface area contributed by atoms with E-state index in [9.17, 15) is 24.0 Å². The number of esters is 1. The normalized spacial score (nSPS) is 26.5. The number of carbonyl (C=O) groups excluding carboxylic acids is 4. The Hall–Kier alpha value is -4.68. The fraction of sp³-hybridized carbons (Fsp3) is 0.306. The van der Waals surface area contributed by atoms with Crippen molar-refractivity contribution in [2.45, 2.75) is 29.5 Å². The second-order valence-corrected chi connectivity index (χ2v) is 14.7. The fourth-order valence-electron chi connectivity index (χ4n) is 8.24. The molecule has 4 aromatic rings. The van der Waals surface area contributed by atoms with Gasteiger partial charge in [-0.05, 0) is 85.2 Å². The smallest absolute Gasteiger partial charge is 0.338 e. The van der Waals surface area contributed by atoms with Gasteiger partial charge in [-0.2, -0.15) is 0 Å². The highest BCUT2D eigenvalue weighted by atomic mass is 32.2. The first-order valence-corrected chi connectivity index (χ1v) is 17.6. The quantitative estimate of drug-likeness (QED) is 0.189. The molecule has 2 saturated carbocycles. The number of hydrogen-bond donors (Lipinski definition) is 2. The van der Waals surface area contributed by atoms with Crippen molar-refractivity contribution < 1.29 is 28.7 Å². The molecule has 4 aliphatic rings. The van der Waals surface area contributed by atoms with Gasteiger partial charge in [-0.25, -0.2) is 4.79 Å². The van der Waals surface area contributed by atoms with Crippen LogP contribution >= 0.6 is 23.1 Å². The van der Waals surface area contributed by atoms with E-state index in [-0.39, 0.29) is 76.6 Å². The van der Waals surface area contributed by atoms with E-state index in [0.29, 0.717) is 22.7 Å². The molecule has 1 aromatic heterocycles. The number of carbonyl (C=O) groups is 4. The van der Waals surface area contributed by atoms with E-state index in [1.165, 1.54) is 16.2 Å². The largest absolute Gasteiger partial charge is 0.484 e. The average molecular weight is 682 g/mol. The van der Waals surface area contributed by atoms with Gasteiger partial charge in [0.15, 0.2) is 6.61 Å². The minimum atomic E-state index is -0.423. The number of aromatic nitrogens is 1. The van der Waals surface area contributed by atoms with Crippen molar-refractivity contribution in [2.75, 3.05) is 23.4 Å². The molecule has 1 saturated heterocycles. The summed E-state index contributed by atoms with van der Waals surface area (Å²) in [6.07, 6.45) is 0.815. The molecule has 2 bridgehead atoms. The maximum absolute atomic E-state index is 13.9. The molecule has 244 valence electrons. The molecule has 0 radical (unpaired) electrons. The van der Waals surface area contributed by atoms with Crippen LogP contribution in [0, 0.1) is 29.6 Å². The Morgan fingerprint density at radius 3 is 2.33 bits per heavy atom. The maximum atomic E-state index is 13.9. The molecule has 48 heavy (non-hydrogen) atoms. The van der Waals surface area contributed by atoms with Gasteiger partial charge in [0.25, 0.3) is 5.91 Å². The first-order valence-electron chi connectivity index (χ1n) is 15.9. The minimum Gasteiger partial charge on any atom is -0.484 e. The second kappa shape index (κ2) is 12.1. The summed E-state index contributed by atoms with van der Waals surface area (Å²) in [5.41, 5.74) is 2.55. The highest BCUT2D eigenvalue weighted by molar-refractivity contribution is 8.00. The van der Waals surface area contributed by atoms with Gasteiger partial charge in [0.2, 0.25) is 11.8 Å². The van der Waals surface area contributed by atoms with Gasteiger partial charge in [0.05, 0.1) is 34.7 Å². The van der Waals surface area contributed by atoms with Crippen molar-refractivity contribution in [1.29, 1.82) is 0 Å². The highest BCUT2D eigenvalue weighted by Crippen LogP contribution is 2.68. The number of thioether (sulfide) groups is 1. The maximum Gasteiger partial charge on any atom is 0.338 e. The molecule has 0 spiro atoms. The molecule has 3 aromatic carbocycles. The van der Waals surface area contributed by atoms with Crippen LogP contribution in [0.2, 0.25) is 0 Å². The van der Waals surface area contributed by atoms with Gasteiger partial charge >= 0.3 is 10.8 Å². The monoisotopic (exact) mass is 681 g/mol. The van der Waals surface area contributed by atoms with Crippen LogP contribution in [0.1, 0.15) is 40.1 Å². The first-order chi connectivity index (χ1) is 23.3. The van der Waals surface area contributed by atoms with E-state index in [2.05, 4.69) is 10.3 Å². The molecule has 8 rings (SSSR count). The molecule has 7 atom stereocenters. The SMILES string of the molecule is CCOC(=O)c1ccc(NC(=O)COc2ccc([C@@H]3c4sc(=O)[nH]c4S[C@@H]4[C@@H]5C[C@@H]([C@@H]6C(=O)N(c7ccccc7)C(=O)[C@@H]56)[C@H]34)cc2)cc1. The lowest BCUT2D eigenvalue weighted by atomic mass is 9.68. The van der Waals surface area contributed by atoms with Crippen LogP contribution in [-0.2, 0) is 19.1 Å². The minimum absolute atomic E-state index is 0.0176. The molecular formula is C36H31N3O7S2. The van der Waals surface area contributed by atoms with Crippen LogP contribution in [0.25, 0.3) is 0 Å². The van der Waals surface area contributed by atoms with Gasteiger partial charge in [0.1, 0.15) is 5.75 Å². The summed E-state index contributed by atoms with van der Waals surface area (Å²) in [6, 6.07) is 23.2. The van der Waals surface area contributed by atoms with Gasteiger partial charge in [-0.1, -0.05) is 41.7 Å². The van der Waals surface area contributed by atoms with E-state index < -0.39 is 5.97 Å². The Morgan fingerprint density at radius 2 is 1.62 bits per heavy atom. The number of ether oxygens (including phenoxy) is 2.